The van der Waals surface area contributed by atoms with E-state index in [1.807, 2.05) is 0 Å². The first-order valence-electron chi connectivity index (χ1n) is 4.20. The van der Waals surface area contributed by atoms with Crippen LogP contribution in [0.25, 0.3) is 0 Å². The van der Waals surface area contributed by atoms with Gasteiger partial charge in [0.25, 0.3) is 5.06 Å². The number of alkyl halides is 1. The van der Waals surface area contributed by atoms with Crippen LogP contribution in [0.2, 0.25) is 0 Å². The van der Waals surface area contributed by atoms with Crippen LogP contribution in [0.4, 0.5) is 0 Å². The van der Waals surface area contributed by atoms with Gasteiger partial charge in [0, 0.05) is 6.61 Å². The summed E-state index contributed by atoms with van der Waals surface area (Å²) < 4.78 is 15.0. The molecule has 2 rings (SSSR count). The van der Waals surface area contributed by atoms with Crippen molar-refractivity contribution in [1.82, 2.24) is 0 Å². The van der Waals surface area contributed by atoms with E-state index in [2.05, 4.69) is 4.74 Å². The number of carbonyl (C=O) groups excluding carboxylic acids is 1. The Balaban J connectivity index is 2.09. The summed E-state index contributed by atoms with van der Waals surface area (Å²) in [7, 11) is 1.30. The zero-order valence-corrected chi connectivity index (χ0v) is 8.10. The van der Waals surface area contributed by atoms with E-state index in [0.717, 1.165) is 12.8 Å². The summed E-state index contributed by atoms with van der Waals surface area (Å²) in [5, 5.41) is -1.29. The monoisotopic (exact) mass is 206 g/mol. The summed E-state index contributed by atoms with van der Waals surface area (Å²) in [6.45, 7) is 1.09. The molecule has 0 aliphatic carbocycles. The molecule has 2 unspecified atom stereocenters. The van der Waals surface area contributed by atoms with Gasteiger partial charge in [-0.25, -0.2) is 4.79 Å². The van der Waals surface area contributed by atoms with Crippen molar-refractivity contribution in [3.05, 3.63) is 0 Å². The first-order chi connectivity index (χ1) is 6.15. The molecule has 0 aromatic carbocycles. The van der Waals surface area contributed by atoms with Gasteiger partial charge < -0.3 is 14.2 Å². The Morgan fingerprint density at radius 3 is 2.92 bits per heavy atom. The Morgan fingerprint density at radius 2 is 2.38 bits per heavy atom. The molecule has 0 radical (unpaired) electrons. The van der Waals surface area contributed by atoms with Crippen LogP contribution < -0.4 is 0 Å². The molecule has 4 nitrogen and oxygen atoms in total. The van der Waals surface area contributed by atoms with Crippen LogP contribution in [0.15, 0.2) is 0 Å². The SMILES string of the molecule is COC(=O)C1(Cl)OC12CCCOC2. The van der Waals surface area contributed by atoms with E-state index in [-0.39, 0.29) is 0 Å². The average Bonchev–Trinajstić information content (AvgIpc) is 2.72. The molecule has 2 heterocycles. The molecule has 13 heavy (non-hydrogen) atoms. The van der Waals surface area contributed by atoms with E-state index in [9.17, 15) is 4.79 Å². The molecule has 2 aliphatic rings. The molecule has 2 aliphatic heterocycles. The lowest BCUT2D eigenvalue weighted by Crippen LogP contribution is -2.36. The third-order valence-electron chi connectivity index (χ3n) is 2.53. The minimum absolute atomic E-state index is 0.381. The van der Waals surface area contributed by atoms with E-state index in [0.29, 0.717) is 13.2 Å². The maximum Gasteiger partial charge on any atom is 0.357 e. The molecule has 74 valence electrons. The fourth-order valence-electron chi connectivity index (χ4n) is 1.71. The smallest absolute Gasteiger partial charge is 0.357 e. The summed E-state index contributed by atoms with van der Waals surface area (Å²) in [5.74, 6) is -0.528. The zero-order valence-electron chi connectivity index (χ0n) is 7.34. The van der Waals surface area contributed by atoms with Gasteiger partial charge in [0.1, 0.15) is 5.60 Å². The number of epoxide rings is 1. The number of hydrogen-bond acceptors (Lipinski definition) is 4. The molecule has 0 N–H and O–H groups in total. The molecular formula is C8H11ClO4. The summed E-state index contributed by atoms with van der Waals surface area (Å²) in [5.41, 5.74) is -0.625. The normalized spacial score (nSPS) is 43.2. The highest BCUT2D eigenvalue weighted by Crippen LogP contribution is 2.56. The average molecular weight is 207 g/mol. The highest BCUT2D eigenvalue weighted by Gasteiger charge is 2.75. The zero-order chi connectivity index (χ0) is 9.53. The van der Waals surface area contributed by atoms with Crippen LogP contribution in [0, 0.1) is 0 Å². The number of esters is 1. The molecule has 0 amide bonds. The van der Waals surface area contributed by atoms with Crippen LogP contribution >= 0.6 is 11.6 Å². The Hall–Kier alpha value is -0.320. The second-order valence-corrected chi connectivity index (χ2v) is 3.87. The first-order valence-corrected chi connectivity index (χ1v) is 4.58. The lowest BCUT2D eigenvalue weighted by atomic mass is 9.98. The number of ether oxygens (including phenoxy) is 3. The van der Waals surface area contributed by atoms with Gasteiger partial charge in [0.05, 0.1) is 13.7 Å². The van der Waals surface area contributed by atoms with Gasteiger partial charge in [-0.2, -0.15) is 0 Å². The van der Waals surface area contributed by atoms with E-state index in [1.54, 1.807) is 0 Å². The van der Waals surface area contributed by atoms with Crippen molar-refractivity contribution in [3.8, 4) is 0 Å². The summed E-state index contributed by atoms with van der Waals surface area (Å²) in [4.78, 5) is 11.2. The fraction of sp³-hybridized carbons (Fsp3) is 0.875. The fourth-order valence-corrected chi connectivity index (χ4v) is 2.08. The maximum atomic E-state index is 11.2. The minimum Gasteiger partial charge on any atom is -0.466 e. The van der Waals surface area contributed by atoms with Crippen molar-refractivity contribution in [1.29, 1.82) is 0 Å². The first kappa shape index (κ1) is 9.24. The van der Waals surface area contributed by atoms with Gasteiger partial charge in [-0.1, -0.05) is 11.6 Å². The van der Waals surface area contributed by atoms with E-state index < -0.39 is 16.6 Å². The standard InChI is InChI=1S/C8H11ClO4/c1-11-6(10)8(9)7(13-8)3-2-4-12-5-7/h2-5H2,1H3. The summed E-state index contributed by atoms with van der Waals surface area (Å²) in [6.07, 6.45) is 1.62. The topological polar surface area (TPSA) is 48.1 Å². The Labute approximate surface area is 81.1 Å². The lowest BCUT2D eigenvalue weighted by molar-refractivity contribution is -0.143. The second-order valence-electron chi connectivity index (χ2n) is 3.34. The van der Waals surface area contributed by atoms with Gasteiger partial charge >= 0.3 is 5.97 Å². The third kappa shape index (κ3) is 1.16. The van der Waals surface area contributed by atoms with Crippen LogP contribution in [0.3, 0.4) is 0 Å². The van der Waals surface area contributed by atoms with Gasteiger partial charge in [-0.3, -0.25) is 0 Å². The molecule has 2 atom stereocenters. The Kier molecular flexibility index (Phi) is 2.02. The molecule has 0 saturated carbocycles. The quantitative estimate of drug-likeness (QED) is 0.360. The van der Waals surface area contributed by atoms with Gasteiger partial charge in [0.2, 0.25) is 0 Å². The minimum atomic E-state index is -1.29. The largest absolute Gasteiger partial charge is 0.466 e. The molecule has 1 spiro atoms. The number of methoxy groups -OCH3 is 1. The third-order valence-corrected chi connectivity index (χ3v) is 3.11. The van der Waals surface area contributed by atoms with Gasteiger partial charge in [0.15, 0.2) is 0 Å². The Morgan fingerprint density at radius 1 is 1.62 bits per heavy atom. The van der Waals surface area contributed by atoms with Crippen LogP contribution in [-0.4, -0.2) is 37.0 Å². The van der Waals surface area contributed by atoms with Crippen molar-refractivity contribution >= 4 is 17.6 Å². The van der Waals surface area contributed by atoms with Crippen LogP contribution in [0.1, 0.15) is 12.8 Å². The number of carbonyl (C=O) groups is 1. The highest BCUT2D eigenvalue weighted by molar-refractivity contribution is 6.36. The second kappa shape index (κ2) is 2.83. The van der Waals surface area contributed by atoms with E-state index in [1.165, 1.54) is 7.11 Å². The molecule has 0 aromatic rings. The lowest BCUT2D eigenvalue weighted by Gasteiger charge is -2.19. The molecule has 0 aromatic heterocycles. The number of rotatable bonds is 1. The molecule has 0 bridgehead atoms. The highest BCUT2D eigenvalue weighted by atomic mass is 35.5. The number of halogens is 1. The van der Waals surface area contributed by atoms with Crippen molar-refractivity contribution < 1.29 is 19.0 Å². The predicted octanol–water partition coefficient (Wildman–Crippen LogP) is 0.674. The van der Waals surface area contributed by atoms with E-state index >= 15 is 0 Å². The van der Waals surface area contributed by atoms with Gasteiger partial charge in [-0.15, -0.1) is 0 Å². The number of hydrogen-bond donors (Lipinski definition) is 0. The van der Waals surface area contributed by atoms with Crippen LogP contribution in [0.5, 0.6) is 0 Å². The van der Waals surface area contributed by atoms with Crippen molar-refractivity contribution in [2.75, 3.05) is 20.3 Å². The Bertz CT molecular complexity index is 236. The predicted molar refractivity (Wildman–Crippen MR) is 44.5 cm³/mol. The van der Waals surface area contributed by atoms with Crippen LogP contribution in [-0.2, 0) is 19.0 Å². The molecular weight excluding hydrogens is 196 g/mol. The summed E-state index contributed by atoms with van der Waals surface area (Å²) in [6, 6.07) is 0. The van der Waals surface area contributed by atoms with Crippen molar-refractivity contribution in [2.24, 2.45) is 0 Å². The summed E-state index contributed by atoms with van der Waals surface area (Å²) >= 11 is 5.95. The molecule has 2 saturated heterocycles. The van der Waals surface area contributed by atoms with Gasteiger partial charge in [-0.05, 0) is 12.8 Å². The maximum absolute atomic E-state index is 11.2. The molecule has 5 heteroatoms. The van der Waals surface area contributed by atoms with Crippen molar-refractivity contribution in [3.63, 3.8) is 0 Å². The molecule has 2 fully saturated rings. The van der Waals surface area contributed by atoms with E-state index in [4.69, 9.17) is 21.1 Å². The van der Waals surface area contributed by atoms with Crippen molar-refractivity contribution in [2.45, 2.75) is 23.5 Å².